The van der Waals surface area contributed by atoms with E-state index < -0.39 is 142 Å². The molecule has 3 fully saturated rings. The lowest BCUT2D eigenvalue weighted by Gasteiger charge is -2.48. The minimum Gasteiger partial charge on any atom is -0.396 e. The maximum absolute atomic E-state index is 11.0. The summed E-state index contributed by atoms with van der Waals surface area (Å²) in [5, 5.41) is 146. The molecule has 0 bridgehead atoms. The molecule has 0 aromatic carbocycles. The Hall–Kier alpha value is -1.02. The largest absolute Gasteiger partial charge is 0.396 e. The van der Waals surface area contributed by atoms with Crippen molar-refractivity contribution in [2.24, 2.45) is 5.92 Å². The Morgan fingerprint density at radius 1 is 0.600 bits per heavy atom. The van der Waals surface area contributed by atoms with Crippen LogP contribution >= 0.6 is 0 Å². The molecule has 2 saturated heterocycles. The lowest BCUT2D eigenvalue weighted by Crippen LogP contribution is -2.67. The van der Waals surface area contributed by atoms with Crippen molar-refractivity contribution >= 4 is 0 Å². The first-order chi connectivity index (χ1) is 21.3. The van der Waals surface area contributed by atoms with Gasteiger partial charge in [-0.25, -0.2) is 0 Å². The molecule has 2 aliphatic heterocycles. The van der Waals surface area contributed by atoms with Gasteiger partial charge in [-0.3, -0.25) is 0 Å². The predicted molar refractivity (Wildman–Crippen MR) is 142 cm³/mol. The summed E-state index contributed by atoms with van der Waals surface area (Å²) in [4.78, 5) is 0. The zero-order chi connectivity index (χ0) is 33.3. The van der Waals surface area contributed by atoms with E-state index in [2.05, 4.69) is 5.32 Å². The average molecular weight is 660 g/mol. The molecule has 0 amide bonds. The van der Waals surface area contributed by atoms with Crippen LogP contribution in [0.3, 0.4) is 0 Å². The molecule has 2 aliphatic carbocycles. The second-order valence-corrected chi connectivity index (χ2v) is 11.9. The van der Waals surface area contributed by atoms with Gasteiger partial charge in [0.05, 0.1) is 38.1 Å². The van der Waals surface area contributed by atoms with Crippen LogP contribution < -0.4 is 5.32 Å². The molecule has 19 atom stereocenters. The van der Waals surface area contributed by atoms with Crippen LogP contribution in [0.15, 0.2) is 11.6 Å². The third-order valence-electron chi connectivity index (χ3n) is 9.01. The van der Waals surface area contributed by atoms with Crippen molar-refractivity contribution in [2.75, 3.05) is 26.4 Å². The van der Waals surface area contributed by atoms with Gasteiger partial charge in [0.15, 0.2) is 12.6 Å². The summed E-state index contributed by atoms with van der Waals surface area (Å²) in [5.41, 5.74) is 0.0188. The molecule has 4 rings (SSSR count). The Balaban J connectivity index is 1.44. The van der Waals surface area contributed by atoms with Gasteiger partial charge >= 0.3 is 0 Å². The molecular formula is C26H45NO18. The summed E-state index contributed by atoms with van der Waals surface area (Å²) in [5.74, 6) is -0.943. The molecule has 15 N–H and O–H groups in total. The fourth-order valence-corrected chi connectivity index (χ4v) is 6.26. The van der Waals surface area contributed by atoms with E-state index in [0.717, 1.165) is 0 Å². The molecule has 19 nitrogen and oxygen atoms in total. The van der Waals surface area contributed by atoms with E-state index in [-0.39, 0.29) is 12.0 Å². The quantitative estimate of drug-likeness (QED) is 0.0968. The molecular weight excluding hydrogens is 614 g/mol. The van der Waals surface area contributed by atoms with Gasteiger partial charge in [-0.05, 0) is 12.0 Å². The lowest BCUT2D eigenvalue weighted by molar-refractivity contribution is -0.368. The van der Waals surface area contributed by atoms with Gasteiger partial charge < -0.3 is 95.8 Å². The summed E-state index contributed by atoms with van der Waals surface area (Å²) in [6.45, 7) is -2.84. The van der Waals surface area contributed by atoms with E-state index in [1.54, 1.807) is 0 Å². The molecule has 2 heterocycles. The SMILES string of the molecule is OCC1=CC(N[C@H]2C[C@H](CO)[C@@H](OC3O[C@H](CO)[C@@H](O[C@H]4O[C@H](CO)[C@@H](O)[C@H](O)[C@H]4O)[C@H](O)[C@H]3O)[C@H](O)[C@H]2O)[C@H](O)[C@@H](O)[C@@H]1O. The zero-order valence-corrected chi connectivity index (χ0v) is 24.0. The van der Waals surface area contributed by atoms with Crippen LogP contribution in [0.4, 0.5) is 0 Å². The van der Waals surface area contributed by atoms with E-state index in [0.29, 0.717) is 0 Å². The van der Waals surface area contributed by atoms with Crippen molar-refractivity contribution in [3.8, 4) is 0 Å². The maximum atomic E-state index is 11.0. The number of nitrogens with one attached hydrogen (secondary N) is 1. The standard InChI is InChI=1S/C26H45NO18/c28-3-7-1-9(14(33)17(36)13(7)32)27-10-2-8(4-29)23(19(38)15(10)34)44-26-22(41)20(39)24(12(6-31)43-26)45-25-21(40)18(37)16(35)11(5-30)42-25/h1,8-41H,2-6H2/t8-,9?,10+,11-,12-,13-,14+,15+,16-,17+,18+,19-,20-,21-,22-,23-,24-,25-,26?/m1/s1. The van der Waals surface area contributed by atoms with Crippen LogP contribution in [0.2, 0.25) is 0 Å². The Labute approximate surface area is 256 Å². The number of aliphatic hydroxyl groups is 14. The van der Waals surface area contributed by atoms with Gasteiger partial charge in [0.2, 0.25) is 0 Å². The second kappa shape index (κ2) is 15.5. The lowest BCUT2D eigenvalue weighted by atomic mass is 9.78. The van der Waals surface area contributed by atoms with Crippen LogP contribution in [0.1, 0.15) is 6.42 Å². The molecule has 19 heteroatoms. The zero-order valence-electron chi connectivity index (χ0n) is 24.0. The highest BCUT2D eigenvalue weighted by Gasteiger charge is 2.53. The first-order valence-corrected chi connectivity index (χ1v) is 14.6. The Morgan fingerprint density at radius 3 is 1.73 bits per heavy atom. The molecule has 4 aliphatic rings. The fourth-order valence-electron chi connectivity index (χ4n) is 6.26. The molecule has 262 valence electrons. The molecule has 2 unspecified atom stereocenters. The highest BCUT2D eigenvalue weighted by atomic mass is 16.7. The summed E-state index contributed by atoms with van der Waals surface area (Å²) >= 11 is 0. The molecule has 45 heavy (non-hydrogen) atoms. The van der Waals surface area contributed by atoms with Gasteiger partial charge in [-0.15, -0.1) is 0 Å². The van der Waals surface area contributed by atoms with Crippen LogP contribution in [-0.4, -0.2) is 208 Å². The monoisotopic (exact) mass is 659 g/mol. The van der Waals surface area contributed by atoms with Crippen molar-refractivity contribution in [3.63, 3.8) is 0 Å². The Kier molecular flexibility index (Phi) is 12.7. The summed E-state index contributed by atoms with van der Waals surface area (Å²) in [7, 11) is 0. The Morgan fingerprint density at radius 2 is 1.16 bits per heavy atom. The molecule has 0 aromatic rings. The van der Waals surface area contributed by atoms with E-state index in [4.69, 9.17) is 18.9 Å². The number of hydrogen-bond donors (Lipinski definition) is 15. The highest BCUT2D eigenvalue weighted by molar-refractivity contribution is 5.22. The van der Waals surface area contributed by atoms with Crippen molar-refractivity contribution in [2.45, 2.75) is 117 Å². The predicted octanol–water partition coefficient (Wildman–Crippen LogP) is -8.93. The normalized spacial score (nSPS) is 51.2. The molecule has 0 spiro atoms. The first-order valence-electron chi connectivity index (χ1n) is 14.6. The van der Waals surface area contributed by atoms with Crippen LogP contribution in [-0.2, 0) is 18.9 Å². The number of ether oxygens (including phenoxy) is 4. The number of hydrogen-bond acceptors (Lipinski definition) is 19. The summed E-state index contributed by atoms with van der Waals surface area (Å²) < 4.78 is 22.1. The Bertz CT molecular complexity index is 972. The number of rotatable bonds is 10. The minimum atomic E-state index is -1.94. The van der Waals surface area contributed by atoms with Crippen molar-refractivity contribution in [3.05, 3.63) is 11.6 Å². The van der Waals surface area contributed by atoms with Gasteiger partial charge in [0.1, 0.15) is 73.2 Å². The van der Waals surface area contributed by atoms with E-state index in [1.807, 2.05) is 0 Å². The van der Waals surface area contributed by atoms with Crippen LogP contribution in [0.25, 0.3) is 0 Å². The van der Waals surface area contributed by atoms with E-state index in [1.165, 1.54) is 6.08 Å². The molecule has 1 saturated carbocycles. The topological polar surface area (TPSA) is 332 Å². The molecule has 0 aromatic heterocycles. The van der Waals surface area contributed by atoms with Gasteiger partial charge in [0.25, 0.3) is 0 Å². The highest BCUT2D eigenvalue weighted by Crippen LogP contribution is 2.34. The summed E-state index contributed by atoms with van der Waals surface area (Å²) in [6.07, 6.45) is -25.5. The maximum Gasteiger partial charge on any atom is 0.187 e. The molecule has 0 radical (unpaired) electrons. The average Bonchev–Trinajstić information content (AvgIpc) is 3.03. The third-order valence-corrected chi connectivity index (χ3v) is 9.01. The fraction of sp³-hybridized carbons (Fsp3) is 0.923. The number of aliphatic hydroxyl groups excluding tert-OH is 14. The summed E-state index contributed by atoms with van der Waals surface area (Å²) in [6, 6.07) is -2.08. The van der Waals surface area contributed by atoms with E-state index >= 15 is 0 Å². The van der Waals surface area contributed by atoms with Crippen LogP contribution in [0.5, 0.6) is 0 Å². The van der Waals surface area contributed by atoms with Crippen molar-refractivity contribution < 1.29 is 90.4 Å². The van der Waals surface area contributed by atoms with Gasteiger partial charge in [-0.1, -0.05) is 6.08 Å². The first kappa shape index (κ1) is 36.8. The van der Waals surface area contributed by atoms with Crippen molar-refractivity contribution in [1.82, 2.24) is 5.32 Å². The minimum absolute atomic E-state index is 0.0188. The van der Waals surface area contributed by atoms with Gasteiger partial charge in [0, 0.05) is 18.6 Å². The van der Waals surface area contributed by atoms with Crippen LogP contribution in [0, 0.1) is 5.92 Å². The second-order valence-electron chi connectivity index (χ2n) is 11.9. The van der Waals surface area contributed by atoms with E-state index in [9.17, 15) is 71.5 Å². The smallest absolute Gasteiger partial charge is 0.187 e. The van der Waals surface area contributed by atoms with Crippen molar-refractivity contribution in [1.29, 1.82) is 0 Å². The third kappa shape index (κ3) is 7.37. The van der Waals surface area contributed by atoms with Gasteiger partial charge in [-0.2, -0.15) is 0 Å².